The van der Waals surface area contributed by atoms with E-state index >= 15 is 0 Å². The number of ketones is 1. The Morgan fingerprint density at radius 2 is 2.07 bits per heavy atom. The number of fused-ring (bicyclic) bond motifs is 2. The van der Waals surface area contributed by atoms with Crippen molar-refractivity contribution in [2.45, 2.75) is 33.1 Å². The third kappa shape index (κ3) is 1.45. The second kappa shape index (κ2) is 2.98. The molecule has 5 heteroatoms. The molecule has 2 fully saturated rings. The van der Waals surface area contributed by atoms with Crippen LogP contribution < -0.4 is 0 Å². The van der Waals surface area contributed by atoms with Gasteiger partial charge in [-0.15, -0.1) is 0 Å². The average Bonchev–Trinajstić information content (AvgIpc) is 2.34. The maximum atomic E-state index is 11.9. The van der Waals surface area contributed by atoms with Crippen molar-refractivity contribution in [3.8, 4) is 0 Å². The molecule has 0 spiro atoms. The lowest BCUT2D eigenvalue weighted by Crippen LogP contribution is -2.41. The highest BCUT2D eigenvalue weighted by atomic mass is 35.7. The number of rotatable bonds is 2. The third-order valence-electron chi connectivity index (χ3n) is 4.56. The lowest BCUT2D eigenvalue weighted by Gasteiger charge is -2.35. The van der Waals surface area contributed by atoms with Crippen molar-refractivity contribution in [1.82, 2.24) is 0 Å². The highest BCUT2D eigenvalue weighted by Gasteiger charge is 2.65. The molecule has 0 heterocycles. The van der Waals surface area contributed by atoms with Crippen molar-refractivity contribution in [1.29, 1.82) is 0 Å². The third-order valence-corrected chi connectivity index (χ3v) is 5.72. The van der Waals surface area contributed by atoms with Gasteiger partial charge in [-0.1, -0.05) is 13.8 Å². The molecular weight excluding hydrogens is 236 g/mol. The van der Waals surface area contributed by atoms with E-state index in [-0.39, 0.29) is 17.0 Å². The van der Waals surface area contributed by atoms with E-state index in [4.69, 9.17) is 10.7 Å². The smallest absolute Gasteiger partial charge is 0.233 e. The zero-order valence-electron chi connectivity index (χ0n) is 8.92. The van der Waals surface area contributed by atoms with E-state index in [1.165, 1.54) is 0 Å². The largest absolute Gasteiger partial charge is 0.299 e. The molecule has 0 saturated heterocycles. The van der Waals surface area contributed by atoms with Crippen LogP contribution in [0.4, 0.5) is 0 Å². The fraction of sp³-hybridized carbons (Fsp3) is 0.900. The van der Waals surface area contributed by atoms with Crippen LogP contribution in [-0.2, 0) is 13.8 Å². The Hall–Kier alpha value is -0.0900. The summed E-state index contributed by atoms with van der Waals surface area (Å²) in [6.07, 6.45) is 2.15. The first kappa shape index (κ1) is 11.4. The lowest BCUT2D eigenvalue weighted by atomic mass is 9.70. The molecule has 0 aliphatic heterocycles. The van der Waals surface area contributed by atoms with Crippen LogP contribution in [0.25, 0.3) is 0 Å². The van der Waals surface area contributed by atoms with E-state index in [1.807, 2.05) is 13.8 Å². The summed E-state index contributed by atoms with van der Waals surface area (Å²) in [4.78, 5) is 11.9. The van der Waals surface area contributed by atoms with E-state index in [1.54, 1.807) is 0 Å². The topological polar surface area (TPSA) is 51.2 Å². The summed E-state index contributed by atoms with van der Waals surface area (Å²) in [5, 5.41) is 0. The number of carbonyl (C=O) groups excluding carboxylic acids is 1. The summed E-state index contributed by atoms with van der Waals surface area (Å²) in [6, 6.07) is 0. The molecule has 0 aromatic rings. The Morgan fingerprint density at radius 3 is 2.40 bits per heavy atom. The SMILES string of the molecule is CC1(C)[C@@H]2CC[C@@]1(CS(=O)(=O)Cl)C(=O)C2. The molecule has 86 valence electrons. The number of Topliss-reactive ketones (excluding diaryl/α,β-unsaturated/α-hetero) is 1. The molecule has 0 aromatic carbocycles. The number of hydrogen-bond donors (Lipinski definition) is 0. The van der Waals surface area contributed by atoms with Crippen LogP contribution in [0.3, 0.4) is 0 Å². The van der Waals surface area contributed by atoms with Crippen molar-refractivity contribution in [2.75, 3.05) is 5.75 Å². The second-order valence-corrected chi connectivity index (χ2v) is 8.13. The minimum absolute atomic E-state index is 0.0907. The van der Waals surface area contributed by atoms with E-state index in [0.717, 1.165) is 6.42 Å². The minimum Gasteiger partial charge on any atom is -0.299 e. The number of hydrogen-bond acceptors (Lipinski definition) is 3. The minimum atomic E-state index is -3.60. The van der Waals surface area contributed by atoms with Crippen LogP contribution >= 0.6 is 10.7 Å². The van der Waals surface area contributed by atoms with Crippen LogP contribution in [0, 0.1) is 16.7 Å². The Bertz CT molecular complexity index is 412. The summed E-state index contributed by atoms with van der Waals surface area (Å²) in [6.45, 7) is 4.00. The van der Waals surface area contributed by atoms with Gasteiger partial charge in [0.1, 0.15) is 5.78 Å². The van der Waals surface area contributed by atoms with Crippen LogP contribution in [0.15, 0.2) is 0 Å². The fourth-order valence-corrected chi connectivity index (χ4v) is 5.23. The maximum Gasteiger partial charge on any atom is 0.233 e. The molecule has 2 aliphatic rings. The normalized spacial score (nSPS) is 38.6. The zero-order valence-corrected chi connectivity index (χ0v) is 10.5. The van der Waals surface area contributed by atoms with Crippen molar-refractivity contribution >= 4 is 25.5 Å². The molecule has 3 nitrogen and oxygen atoms in total. The standard InChI is InChI=1S/C10H15ClO3S/c1-9(2)7-3-4-10(9,8(12)5-7)6-15(11,13)14/h7H,3-6H2,1-2H3/t7-,10-/m1/s1. The fourth-order valence-electron chi connectivity index (χ4n) is 3.40. The van der Waals surface area contributed by atoms with Crippen molar-refractivity contribution in [3.05, 3.63) is 0 Å². The molecule has 0 N–H and O–H groups in total. The second-order valence-electron chi connectivity index (χ2n) is 5.35. The van der Waals surface area contributed by atoms with Gasteiger partial charge in [-0.25, -0.2) is 8.42 Å². The Labute approximate surface area is 94.6 Å². The highest BCUT2D eigenvalue weighted by molar-refractivity contribution is 8.13. The summed E-state index contributed by atoms with van der Waals surface area (Å²) in [5.41, 5.74) is -0.926. The first-order chi connectivity index (χ1) is 6.69. The van der Waals surface area contributed by atoms with Crippen molar-refractivity contribution in [2.24, 2.45) is 16.7 Å². The van der Waals surface area contributed by atoms with Crippen molar-refractivity contribution < 1.29 is 13.2 Å². The molecule has 2 atom stereocenters. The average molecular weight is 251 g/mol. The van der Waals surface area contributed by atoms with Gasteiger partial charge < -0.3 is 0 Å². The van der Waals surface area contributed by atoms with Crippen molar-refractivity contribution in [3.63, 3.8) is 0 Å². The quantitative estimate of drug-likeness (QED) is 0.704. The van der Waals surface area contributed by atoms with Crippen LogP contribution in [0.5, 0.6) is 0 Å². The molecule has 2 rings (SSSR count). The number of carbonyl (C=O) groups is 1. The monoisotopic (exact) mass is 250 g/mol. The first-order valence-corrected chi connectivity index (χ1v) is 7.62. The molecule has 2 aliphatic carbocycles. The van der Waals surface area contributed by atoms with E-state index < -0.39 is 14.5 Å². The van der Waals surface area contributed by atoms with Gasteiger partial charge in [-0.2, -0.15) is 0 Å². The Balaban J connectivity index is 2.45. The molecular formula is C10H15ClO3S. The summed E-state index contributed by atoms with van der Waals surface area (Å²) >= 11 is 0. The van der Waals surface area contributed by atoms with Gasteiger partial charge in [0.15, 0.2) is 0 Å². The maximum absolute atomic E-state index is 11.9. The van der Waals surface area contributed by atoms with Gasteiger partial charge in [0.05, 0.1) is 5.75 Å². The van der Waals surface area contributed by atoms with Gasteiger partial charge >= 0.3 is 0 Å². The first-order valence-electron chi connectivity index (χ1n) is 5.15. The molecule has 2 bridgehead atoms. The molecule has 0 amide bonds. The summed E-state index contributed by atoms with van der Waals surface area (Å²) in [5.74, 6) is 0.237. The number of halogens is 1. The van der Waals surface area contributed by atoms with Gasteiger partial charge in [0.25, 0.3) is 0 Å². The van der Waals surface area contributed by atoms with Crippen LogP contribution in [0.1, 0.15) is 33.1 Å². The van der Waals surface area contributed by atoms with Gasteiger partial charge in [-0.3, -0.25) is 4.79 Å². The molecule has 2 saturated carbocycles. The predicted octanol–water partition coefficient (Wildman–Crippen LogP) is 1.95. The highest BCUT2D eigenvalue weighted by Crippen LogP contribution is 2.64. The Kier molecular flexibility index (Phi) is 2.26. The van der Waals surface area contributed by atoms with Gasteiger partial charge in [0.2, 0.25) is 9.05 Å². The Morgan fingerprint density at radius 1 is 1.47 bits per heavy atom. The van der Waals surface area contributed by atoms with Gasteiger partial charge in [-0.05, 0) is 24.2 Å². The summed E-state index contributed by atoms with van der Waals surface area (Å²) in [7, 11) is 1.71. The van der Waals surface area contributed by atoms with Crippen LogP contribution in [0.2, 0.25) is 0 Å². The van der Waals surface area contributed by atoms with Gasteiger partial charge in [0, 0.05) is 22.5 Å². The molecule has 15 heavy (non-hydrogen) atoms. The molecule has 0 unspecified atom stereocenters. The van der Waals surface area contributed by atoms with E-state index in [9.17, 15) is 13.2 Å². The molecule has 0 radical (unpaired) electrons. The lowest BCUT2D eigenvalue weighted by molar-refractivity contribution is -0.128. The summed E-state index contributed by atoms with van der Waals surface area (Å²) < 4.78 is 22.4. The predicted molar refractivity (Wildman–Crippen MR) is 58.2 cm³/mol. The van der Waals surface area contributed by atoms with E-state index in [0.29, 0.717) is 18.8 Å². The van der Waals surface area contributed by atoms with E-state index in [2.05, 4.69) is 0 Å². The molecule has 0 aromatic heterocycles. The zero-order chi connectivity index (χ0) is 11.5. The van der Waals surface area contributed by atoms with Crippen LogP contribution in [-0.4, -0.2) is 20.0 Å².